The van der Waals surface area contributed by atoms with Gasteiger partial charge in [0.2, 0.25) is 0 Å². The Balaban J connectivity index is 1.98. The molecule has 12 heteroatoms. The molecule has 0 aromatic carbocycles. The van der Waals surface area contributed by atoms with Gasteiger partial charge < -0.3 is 54.3 Å². The lowest BCUT2D eigenvalue weighted by molar-refractivity contribution is -0.371. The number of aliphatic hydroxyl groups is 6. The van der Waals surface area contributed by atoms with Crippen LogP contribution < -0.4 is 0 Å². The number of allylic oxidation sites excluding steroid dienone is 2. The number of carbonyl (C=O) groups excluding carboxylic acids is 1. The van der Waals surface area contributed by atoms with E-state index < -0.39 is 80.6 Å². The molecule has 2 aliphatic rings. The molecule has 256 valence electrons. The van der Waals surface area contributed by atoms with Crippen LogP contribution in [0.1, 0.15) is 90.4 Å². The van der Waals surface area contributed by atoms with Gasteiger partial charge in [-0.3, -0.25) is 4.79 Å². The second kappa shape index (κ2) is 21.4. The lowest BCUT2D eigenvalue weighted by atomic mass is 9.97. The summed E-state index contributed by atoms with van der Waals surface area (Å²) in [5.41, 5.74) is 0. The van der Waals surface area contributed by atoms with Gasteiger partial charge in [-0.25, -0.2) is 0 Å². The zero-order valence-electron chi connectivity index (χ0n) is 26.2. The van der Waals surface area contributed by atoms with Crippen molar-refractivity contribution in [3.8, 4) is 0 Å². The molecule has 0 aliphatic carbocycles. The van der Waals surface area contributed by atoms with Gasteiger partial charge in [-0.15, -0.1) is 13.2 Å². The van der Waals surface area contributed by atoms with Crippen LogP contribution in [0.15, 0.2) is 25.3 Å². The second-order valence-electron chi connectivity index (χ2n) is 11.8. The van der Waals surface area contributed by atoms with Crippen molar-refractivity contribution in [1.82, 2.24) is 0 Å². The summed E-state index contributed by atoms with van der Waals surface area (Å²) in [6.45, 7) is 8.01. The first-order chi connectivity index (χ1) is 21.2. The Morgan fingerprint density at radius 1 is 0.727 bits per heavy atom. The quantitative estimate of drug-likeness (QED) is 0.0581. The molecule has 2 heterocycles. The van der Waals surface area contributed by atoms with E-state index in [4.69, 9.17) is 23.7 Å². The van der Waals surface area contributed by atoms with Gasteiger partial charge >= 0.3 is 5.97 Å². The highest BCUT2D eigenvalue weighted by molar-refractivity contribution is 5.69. The van der Waals surface area contributed by atoms with Crippen LogP contribution >= 0.6 is 0 Å². The molecule has 2 saturated heterocycles. The Labute approximate surface area is 261 Å². The van der Waals surface area contributed by atoms with E-state index in [9.17, 15) is 35.4 Å². The standard InChI is InChI=1S/C32H56O12/c1-4-6-8-10-12-14-16-18-24(35)43-29-23(20-34)42-31(28(39)27(29)38)44-30-26(37)25(36)22(19-33)41-32(30)40-21(3)17-15-13-11-9-7-5-2/h4-5,21-23,25-34,36-39H,1-2,6-20H2,3H3. The Morgan fingerprint density at radius 3 is 1.89 bits per heavy atom. The van der Waals surface area contributed by atoms with Gasteiger partial charge in [0, 0.05) is 6.42 Å². The molecule has 11 atom stereocenters. The zero-order chi connectivity index (χ0) is 32.5. The molecule has 0 aromatic heterocycles. The average Bonchev–Trinajstić information content (AvgIpc) is 3.01. The monoisotopic (exact) mass is 632 g/mol. The van der Waals surface area contributed by atoms with Gasteiger partial charge in [-0.2, -0.15) is 0 Å². The number of esters is 1. The van der Waals surface area contributed by atoms with E-state index in [2.05, 4.69) is 13.2 Å². The van der Waals surface area contributed by atoms with E-state index >= 15 is 0 Å². The summed E-state index contributed by atoms with van der Waals surface area (Å²) in [6, 6.07) is 0. The minimum atomic E-state index is -1.74. The second-order valence-corrected chi connectivity index (χ2v) is 11.8. The van der Waals surface area contributed by atoms with Crippen molar-refractivity contribution >= 4 is 5.97 Å². The third kappa shape index (κ3) is 12.4. The molecule has 6 N–H and O–H groups in total. The van der Waals surface area contributed by atoms with Crippen LogP contribution in [-0.2, 0) is 28.5 Å². The van der Waals surface area contributed by atoms with Crippen LogP contribution in [-0.4, -0.2) is 117 Å². The van der Waals surface area contributed by atoms with Crippen molar-refractivity contribution in [2.45, 2.75) is 158 Å². The van der Waals surface area contributed by atoms with E-state index in [1.165, 1.54) is 0 Å². The fraction of sp³-hybridized carbons (Fsp3) is 0.844. The first-order valence-electron chi connectivity index (χ1n) is 16.2. The number of hydrogen-bond acceptors (Lipinski definition) is 12. The lowest BCUT2D eigenvalue weighted by Crippen LogP contribution is -2.65. The first kappa shape index (κ1) is 38.7. The van der Waals surface area contributed by atoms with Gasteiger partial charge in [-0.05, 0) is 45.4 Å². The molecular weight excluding hydrogens is 576 g/mol. The highest BCUT2D eigenvalue weighted by Gasteiger charge is 2.52. The van der Waals surface area contributed by atoms with Crippen LogP contribution in [0.4, 0.5) is 0 Å². The molecule has 0 aromatic rings. The lowest BCUT2D eigenvalue weighted by Gasteiger charge is -2.46. The number of rotatable bonds is 22. The normalized spacial score (nSPS) is 33.1. The average molecular weight is 633 g/mol. The maximum atomic E-state index is 12.5. The Kier molecular flexibility index (Phi) is 18.8. The molecule has 44 heavy (non-hydrogen) atoms. The van der Waals surface area contributed by atoms with Crippen molar-refractivity contribution in [3.05, 3.63) is 25.3 Å². The summed E-state index contributed by atoms with van der Waals surface area (Å²) < 4.78 is 28.7. The van der Waals surface area contributed by atoms with Crippen molar-refractivity contribution in [2.75, 3.05) is 13.2 Å². The summed E-state index contributed by atoms with van der Waals surface area (Å²) in [5.74, 6) is -0.591. The minimum Gasteiger partial charge on any atom is -0.457 e. The number of ether oxygens (including phenoxy) is 5. The van der Waals surface area contributed by atoms with Gasteiger partial charge in [-0.1, -0.05) is 50.7 Å². The fourth-order valence-corrected chi connectivity index (χ4v) is 5.45. The molecule has 0 radical (unpaired) electrons. The van der Waals surface area contributed by atoms with E-state index in [1.807, 2.05) is 19.1 Å². The largest absolute Gasteiger partial charge is 0.457 e. The van der Waals surface area contributed by atoms with Gasteiger partial charge in [0.1, 0.15) is 42.7 Å². The SMILES string of the molecule is C=CCCCCCCCC(=O)OC1C(CO)OC(OC2C(OC(C)CCCCCCC=C)OC(CO)C(O)C2O)C(O)C1O. The summed E-state index contributed by atoms with van der Waals surface area (Å²) in [6.07, 6.45) is 0.0758. The summed E-state index contributed by atoms with van der Waals surface area (Å²) in [5, 5.41) is 62.7. The van der Waals surface area contributed by atoms with Crippen LogP contribution in [0.3, 0.4) is 0 Å². The number of hydrogen-bond donors (Lipinski definition) is 6. The van der Waals surface area contributed by atoms with E-state index in [1.54, 1.807) is 0 Å². The first-order valence-corrected chi connectivity index (χ1v) is 16.2. The number of carbonyl (C=O) groups is 1. The van der Waals surface area contributed by atoms with Gasteiger partial charge in [0.25, 0.3) is 0 Å². The number of aliphatic hydroxyl groups excluding tert-OH is 6. The van der Waals surface area contributed by atoms with E-state index in [0.29, 0.717) is 12.8 Å². The Morgan fingerprint density at radius 2 is 1.27 bits per heavy atom. The highest BCUT2D eigenvalue weighted by atomic mass is 16.8. The topological polar surface area (TPSA) is 185 Å². The van der Waals surface area contributed by atoms with Crippen LogP contribution in [0, 0.1) is 0 Å². The number of unbranched alkanes of at least 4 members (excludes halogenated alkanes) is 9. The maximum absolute atomic E-state index is 12.5. The summed E-state index contributed by atoms with van der Waals surface area (Å²) in [7, 11) is 0. The van der Waals surface area contributed by atoms with Crippen LogP contribution in [0.25, 0.3) is 0 Å². The third-order valence-corrected chi connectivity index (χ3v) is 8.13. The minimum absolute atomic E-state index is 0.112. The molecule has 0 amide bonds. The van der Waals surface area contributed by atoms with Gasteiger partial charge in [0.15, 0.2) is 18.7 Å². The van der Waals surface area contributed by atoms with Gasteiger partial charge in [0.05, 0.1) is 19.3 Å². The van der Waals surface area contributed by atoms with Crippen LogP contribution in [0.5, 0.6) is 0 Å². The molecule has 2 aliphatic heterocycles. The van der Waals surface area contributed by atoms with Crippen molar-refractivity contribution in [1.29, 1.82) is 0 Å². The maximum Gasteiger partial charge on any atom is 0.306 e. The predicted molar refractivity (Wildman–Crippen MR) is 161 cm³/mol. The molecule has 12 nitrogen and oxygen atoms in total. The Bertz CT molecular complexity index is 810. The predicted octanol–water partition coefficient (Wildman–Crippen LogP) is 2.01. The van der Waals surface area contributed by atoms with E-state index in [-0.39, 0.29) is 12.5 Å². The molecule has 2 rings (SSSR count). The van der Waals surface area contributed by atoms with Crippen molar-refractivity contribution in [2.24, 2.45) is 0 Å². The summed E-state index contributed by atoms with van der Waals surface area (Å²) in [4.78, 5) is 12.5. The highest BCUT2D eigenvalue weighted by Crippen LogP contribution is 2.31. The molecule has 0 bridgehead atoms. The summed E-state index contributed by atoms with van der Waals surface area (Å²) >= 11 is 0. The van der Waals surface area contributed by atoms with E-state index in [0.717, 1.165) is 64.2 Å². The van der Waals surface area contributed by atoms with Crippen LogP contribution in [0.2, 0.25) is 0 Å². The smallest absolute Gasteiger partial charge is 0.306 e. The van der Waals surface area contributed by atoms with Crippen molar-refractivity contribution < 1.29 is 59.1 Å². The fourth-order valence-electron chi connectivity index (χ4n) is 5.45. The molecule has 2 fully saturated rings. The molecule has 0 saturated carbocycles. The molecule has 11 unspecified atom stereocenters. The molecular formula is C32H56O12. The van der Waals surface area contributed by atoms with Crippen molar-refractivity contribution in [3.63, 3.8) is 0 Å². The third-order valence-electron chi connectivity index (χ3n) is 8.13. The zero-order valence-corrected chi connectivity index (χ0v) is 26.2. The Hall–Kier alpha value is -1.45. The molecule has 0 spiro atoms.